The Labute approximate surface area is 160 Å². The Hall–Kier alpha value is -2.64. The van der Waals surface area contributed by atoms with Gasteiger partial charge in [0.05, 0.1) is 22.6 Å². The normalized spacial score (nSPS) is 22.7. The van der Waals surface area contributed by atoms with Crippen LogP contribution in [0.2, 0.25) is 0 Å². The zero-order valence-electron chi connectivity index (χ0n) is 14.5. The van der Waals surface area contributed by atoms with Crippen molar-refractivity contribution < 1.29 is 24.5 Å². The van der Waals surface area contributed by atoms with Crippen molar-refractivity contribution in [3.05, 3.63) is 63.6 Å². The molecule has 2 aliphatic heterocycles. The molecule has 0 radical (unpaired) electrons. The van der Waals surface area contributed by atoms with Crippen molar-refractivity contribution in [2.45, 2.75) is 25.0 Å². The lowest BCUT2D eigenvalue weighted by Gasteiger charge is -2.28. The van der Waals surface area contributed by atoms with Gasteiger partial charge >= 0.3 is 0 Å². The van der Waals surface area contributed by atoms with E-state index in [0.717, 1.165) is 12.8 Å². The van der Waals surface area contributed by atoms with Gasteiger partial charge in [0.15, 0.2) is 5.76 Å². The molecule has 0 spiro atoms. The van der Waals surface area contributed by atoms with Gasteiger partial charge in [-0.3, -0.25) is 9.59 Å². The molecule has 0 aliphatic carbocycles. The van der Waals surface area contributed by atoms with Crippen molar-refractivity contribution in [3.63, 3.8) is 0 Å². The van der Waals surface area contributed by atoms with Gasteiger partial charge in [-0.15, -0.1) is 11.3 Å². The van der Waals surface area contributed by atoms with Crippen LogP contribution >= 0.6 is 11.3 Å². The van der Waals surface area contributed by atoms with Crippen molar-refractivity contribution in [3.8, 4) is 5.75 Å². The number of phenolic OH excluding ortho intramolecular Hbond substituents is 1. The summed E-state index contributed by atoms with van der Waals surface area (Å²) in [4.78, 5) is 27.8. The maximum absolute atomic E-state index is 13.0. The summed E-state index contributed by atoms with van der Waals surface area (Å²) in [6, 6.07) is 9.08. The minimum absolute atomic E-state index is 0.0336. The second-order valence-corrected chi connectivity index (χ2v) is 7.61. The average molecular weight is 385 g/mol. The van der Waals surface area contributed by atoms with E-state index in [2.05, 4.69) is 0 Å². The van der Waals surface area contributed by atoms with Crippen LogP contribution in [-0.4, -0.2) is 46.1 Å². The van der Waals surface area contributed by atoms with Gasteiger partial charge in [0.2, 0.25) is 5.78 Å². The number of hydrogen-bond donors (Lipinski definition) is 2. The maximum atomic E-state index is 13.0. The van der Waals surface area contributed by atoms with Crippen LogP contribution in [0.3, 0.4) is 0 Å². The fourth-order valence-corrected chi connectivity index (χ4v) is 4.34. The van der Waals surface area contributed by atoms with Gasteiger partial charge in [-0.2, -0.15) is 0 Å². The number of aliphatic hydroxyl groups is 1. The molecule has 1 aromatic heterocycles. The quantitative estimate of drug-likeness (QED) is 0.772. The molecule has 0 saturated carbocycles. The lowest BCUT2D eigenvalue weighted by molar-refractivity contribution is -0.131. The number of rotatable bonds is 5. The number of nitrogens with zero attached hydrogens (tertiary/aromatic N) is 1. The van der Waals surface area contributed by atoms with E-state index >= 15 is 0 Å². The number of phenols is 1. The Morgan fingerprint density at radius 2 is 2.11 bits per heavy atom. The van der Waals surface area contributed by atoms with E-state index in [1.54, 1.807) is 29.6 Å². The Balaban J connectivity index is 1.76. The van der Waals surface area contributed by atoms with Crippen molar-refractivity contribution in [2.75, 3.05) is 13.2 Å². The number of benzene rings is 1. The Morgan fingerprint density at radius 1 is 1.26 bits per heavy atom. The van der Waals surface area contributed by atoms with Crippen LogP contribution in [0, 0.1) is 0 Å². The third kappa shape index (κ3) is 3.24. The van der Waals surface area contributed by atoms with Gasteiger partial charge in [-0.25, -0.2) is 0 Å². The number of carbonyl (C=O) groups is 2. The number of aliphatic hydroxyl groups excluding tert-OH is 1. The molecule has 1 aromatic carbocycles. The summed E-state index contributed by atoms with van der Waals surface area (Å²) in [5.41, 5.74) is 0.622. The molecule has 1 saturated heterocycles. The largest absolute Gasteiger partial charge is 0.508 e. The van der Waals surface area contributed by atoms with Crippen molar-refractivity contribution in [1.82, 2.24) is 4.90 Å². The minimum atomic E-state index is -0.761. The van der Waals surface area contributed by atoms with Crippen LogP contribution in [0.1, 0.15) is 34.1 Å². The first-order valence-corrected chi connectivity index (χ1v) is 9.67. The highest BCUT2D eigenvalue weighted by molar-refractivity contribution is 7.12. The third-order valence-electron chi connectivity index (χ3n) is 4.90. The molecule has 1 amide bonds. The van der Waals surface area contributed by atoms with Crippen LogP contribution in [0.4, 0.5) is 0 Å². The molecule has 3 heterocycles. The average Bonchev–Trinajstić information content (AvgIpc) is 3.40. The molecule has 2 aliphatic rings. The number of ether oxygens (including phenoxy) is 1. The fraction of sp³-hybridized carbons (Fsp3) is 0.300. The number of aromatic hydroxyl groups is 1. The topological polar surface area (TPSA) is 87.1 Å². The summed E-state index contributed by atoms with van der Waals surface area (Å²) in [5, 5.41) is 22.2. The minimum Gasteiger partial charge on any atom is -0.508 e. The van der Waals surface area contributed by atoms with Gasteiger partial charge in [0.1, 0.15) is 5.75 Å². The molecule has 27 heavy (non-hydrogen) atoms. The molecule has 1 fully saturated rings. The monoisotopic (exact) mass is 385 g/mol. The van der Waals surface area contributed by atoms with E-state index in [9.17, 15) is 19.8 Å². The summed E-state index contributed by atoms with van der Waals surface area (Å²) in [7, 11) is 0. The van der Waals surface area contributed by atoms with Gasteiger partial charge in [0.25, 0.3) is 5.91 Å². The van der Waals surface area contributed by atoms with Crippen LogP contribution in [0.5, 0.6) is 5.75 Å². The number of hydrogen-bond acceptors (Lipinski definition) is 6. The summed E-state index contributed by atoms with van der Waals surface area (Å²) in [6.07, 6.45) is 1.62. The molecule has 140 valence electrons. The zero-order valence-corrected chi connectivity index (χ0v) is 15.3. The molecule has 0 unspecified atom stereocenters. The van der Waals surface area contributed by atoms with Crippen LogP contribution in [0.15, 0.2) is 53.1 Å². The highest BCUT2D eigenvalue weighted by Crippen LogP contribution is 2.40. The molecule has 4 rings (SSSR count). The van der Waals surface area contributed by atoms with Gasteiger partial charge in [-0.05, 0) is 42.0 Å². The van der Waals surface area contributed by atoms with Gasteiger partial charge < -0.3 is 19.8 Å². The SMILES string of the molecule is O=C(C1=C(O)C(=O)N(C[C@H]2CCCO2)[C@@H]1c1cccc(O)c1)c1cccs1. The highest BCUT2D eigenvalue weighted by Gasteiger charge is 2.45. The first-order valence-electron chi connectivity index (χ1n) is 8.79. The van der Waals surface area contributed by atoms with E-state index in [0.29, 0.717) is 17.0 Å². The summed E-state index contributed by atoms with van der Waals surface area (Å²) >= 11 is 1.26. The molecule has 6 nitrogen and oxygen atoms in total. The molecule has 7 heteroatoms. The van der Waals surface area contributed by atoms with Gasteiger partial charge in [0, 0.05) is 13.2 Å². The summed E-state index contributed by atoms with van der Waals surface area (Å²) in [6.45, 7) is 0.925. The predicted molar refractivity (Wildman–Crippen MR) is 99.8 cm³/mol. The van der Waals surface area contributed by atoms with Crippen LogP contribution < -0.4 is 0 Å². The number of amides is 1. The Morgan fingerprint density at radius 3 is 2.78 bits per heavy atom. The molecular formula is C20H19NO5S. The lowest BCUT2D eigenvalue weighted by Crippen LogP contribution is -2.37. The van der Waals surface area contributed by atoms with Crippen LogP contribution in [-0.2, 0) is 9.53 Å². The van der Waals surface area contributed by atoms with Gasteiger partial charge in [-0.1, -0.05) is 18.2 Å². The molecule has 2 atom stereocenters. The zero-order chi connectivity index (χ0) is 19.0. The second-order valence-electron chi connectivity index (χ2n) is 6.66. The number of Topliss-reactive ketones (excluding diaryl/α,β-unsaturated/α-hetero) is 1. The molecule has 2 aromatic rings. The third-order valence-corrected chi connectivity index (χ3v) is 5.77. The summed E-state index contributed by atoms with van der Waals surface area (Å²) in [5.74, 6) is -1.45. The fourth-order valence-electron chi connectivity index (χ4n) is 3.66. The molecule has 0 bridgehead atoms. The number of ketones is 1. The van der Waals surface area contributed by atoms with Crippen molar-refractivity contribution >= 4 is 23.0 Å². The van der Waals surface area contributed by atoms with Crippen LogP contribution in [0.25, 0.3) is 0 Å². The van der Waals surface area contributed by atoms with Crippen molar-refractivity contribution in [1.29, 1.82) is 0 Å². The number of carbonyl (C=O) groups excluding carboxylic acids is 2. The first kappa shape index (κ1) is 17.8. The Kier molecular flexibility index (Phi) is 4.72. The van der Waals surface area contributed by atoms with E-state index < -0.39 is 17.7 Å². The predicted octanol–water partition coefficient (Wildman–Crippen LogP) is 3.21. The standard InChI is InChI=1S/C20H19NO5S/c22-13-5-1-4-12(10-13)17-16(18(23)15-7-3-9-27-15)19(24)20(25)21(17)11-14-6-2-8-26-14/h1,3-5,7,9-10,14,17,22,24H,2,6,8,11H2/t14-,17-/m1/s1. The maximum Gasteiger partial charge on any atom is 0.290 e. The second kappa shape index (κ2) is 7.17. The lowest BCUT2D eigenvalue weighted by atomic mass is 9.95. The molecule has 2 N–H and O–H groups in total. The van der Waals surface area contributed by atoms with Crippen molar-refractivity contribution in [2.24, 2.45) is 0 Å². The molecular weight excluding hydrogens is 366 g/mol. The van der Waals surface area contributed by atoms with E-state index in [4.69, 9.17) is 4.74 Å². The first-order chi connectivity index (χ1) is 13.1. The summed E-state index contributed by atoms with van der Waals surface area (Å²) < 4.78 is 5.65. The van der Waals surface area contributed by atoms with E-state index in [1.807, 2.05) is 0 Å². The highest BCUT2D eigenvalue weighted by atomic mass is 32.1. The van der Waals surface area contributed by atoms with E-state index in [1.165, 1.54) is 28.4 Å². The smallest absolute Gasteiger partial charge is 0.290 e. The van der Waals surface area contributed by atoms with E-state index in [-0.39, 0.29) is 29.8 Å². The Bertz CT molecular complexity index is 899. The number of thiophene rings is 1.